The minimum atomic E-state index is -0.842. The number of hydrogen-bond donors (Lipinski definition) is 1. The maximum atomic E-state index is 14.5. The van der Waals surface area contributed by atoms with Gasteiger partial charge in [-0.1, -0.05) is 0 Å². The van der Waals surface area contributed by atoms with Crippen molar-refractivity contribution in [1.29, 1.82) is 0 Å². The molecule has 13 heteroatoms. The Hall–Kier alpha value is -4.68. The van der Waals surface area contributed by atoms with Crippen molar-refractivity contribution in [1.82, 2.24) is 29.5 Å². The van der Waals surface area contributed by atoms with Crippen LogP contribution in [0.2, 0.25) is 0 Å². The molecule has 1 N–H and O–H groups in total. The summed E-state index contributed by atoms with van der Waals surface area (Å²) in [6, 6.07) is 4.66. The van der Waals surface area contributed by atoms with Crippen LogP contribution in [0, 0.1) is 12.7 Å². The molecule has 0 saturated carbocycles. The van der Waals surface area contributed by atoms with Crippen LogP contribution in [0.4, 0.5) is 14.0 Å². The Morgan fingerprint density at radius 1 is 1.25 bits per heavy atom. The molecule has 0 bridgehead atoms. The van der Waals surface area contributed by atoms with Crippen LogP contribution in [0.5, 0.6) is 11.8 Å². The summed E-state index contributed by atoms with van der Waals surface area (Å²) in [6.45, 7) is 7.23. The smallest absolute Gasteiger partial charge is 0.493 e. The quantitative estimate of drug-likeness (QED) is 0.349. The van der Waals surface area contributed by atoms with Gasteiger partial charge in [-0.3, -0.25) is 9.08 Å². The monoisotopic (exact) mass is 552 g/mol. The van der Waals surface area contributed by atoms with Crippen molar-refractivity contribution in [2.75, 3.05) is 6.61 Å². The van der Waals surface area contributed by atoms with Crippen molar-refractivity contribution in [2.24, 2.45) is 7.05 Å². The average Bonchev–Trinajstić information content (AvgIpc) is 3.59. The van der Waals surface area contributed by atoms with Crippen LogP contribution in [0.3, 0.4) is 0 Å². The van der Waals surface area contributed by atoms with E-state index in [-0.39, 0.29) is 19.2 Å². The fourth-order valence-electron chi connectivity index (χ4n) is 4.39. The highest BCUT2D eigenvalue weighted by atomic mass is 19.1. The van der Waals surface area contributed by atoms with Gasteiger partial charge < -0.3 is 24.3 Å². The summed E-state index contributed by atoms with van der Waals surface area (Å²) in [5, 5.41) is 6.96. The molecular weight excluding hydrogens is 523 g/mol. The summed E-state index contributed by atoms with van der Waals surface area (Å²) in [4.78, 5) is 33.7. The highest BCUT2D eigenvalue weighted by Gasteiger charge is 2.23. The Morgan fingerprint density at radius 3 is 2.77 bits per heavy atom. The third kappa shape index (κ3) is 5.67. The van der Waals surface area contributed by atoms with Crippen LogP contribution >= 0.6 is 0 Å². The van der Waals surface area contributed by atoms with Crippen LogP contribution in [0.1, 0.15) is 43.3 Å². The number of rotatable bonds is 6. The normalized spacial score (nSPS) is 12.7. The fraction of sp³-hybridized carbons (Fsp3) is 0.370. The van der Waals surface area contributed by atoms with E-state index in [1.54, 1.807) is 44.8 Å². The Labute approximate surface area is 229 Å². The zero-order chi connectivity index (χ0) is 28.6. The number of carbonyl (C=O) groups is 2. The number of halogens is 1. The van der Waals surface area contributed by atoms with E-state index < -0.39 is 23.7 Å². The number of hydrogen-bond acceptors (Lipinski definition) is 9. The van der Waals surface area contributed by atoms with Crippen LogP contribution in [0.15, 0.2) is 30.6 Å². The molecule has 0 spiro atoms. The minimum absolute atomic E-state index is 0.0896. The largest absolute Gasteiger partial charge is 0.509 e. The molecule has 1 aromatic carbocycles. The summed E-state index contributed by atoms with van der Waals surface area (Å²) in [5.74, 6) is 0.167. The lowest BCUT2D eigenvalue weighted by molar-refractivity contribution is -0.0112. The van der Waals surface area contributed by atoms with Crippen LogP contribution in [0.25, 0.3) is 16.9 Å². The molecule has 0 atom stereocenters. The van der Waals surface area contributed by atoms with Crippen molar-refractivity contribution in [2.45, 2.75) is 52.9 Å². The van der Waals surface area contributed by atoms with E-state index in [9.17, 15) is 14.0 Å². The fourth-order valence-corrected chi connectivity index (χ4v) is 4.39. The van der Waals surface area contributed by atoms with Crippen LogP contribution in [-0.2, 0) is 36.1 Å². The number of ether oxygens (including phenoxy) is 4. The third-order valence-corrected chi connectivity index (χ3v) is 6.05. The lowest BCUT2D eigenvalue weighted by Crippen LogP contribution is -2.28. The van der Waals surface area contributed by atoms with E-state index in [4.69, 9.17) is 18.9 Å². The van der Waals surface area contributed by atoms with Crippen molar-refractivity contribution in [3.8, 4) is 23.0 Å². The molecule has 4 aromatic rings. The number of aryl methyl sites for hydroxylation is 2. The van der Waals surface area contributed by atoms with Crippen molar-refractivity contribution in [3.05, 3.63) is 58.9 Å². The molecule has 40 heavy (non-hydrogen) atoms. The Balaban J connectivity index is 1.40. The molecule has 0 radical (unpaired) electrons. The van der Waals surface area contributed by atoms with E-state index in [2.05, 4.69) is 20.4 Å². The van der Waals surface area contributed by atoms with Crippen molar-refractivity contribution < 1.29 is 32.9 Å². The zero-order valence-electron chi connectivity index (χ0n) is 22.8. The first-order valence-electron chi connectivity index (χ1n) is 12.6. The number of benzene rings is 1. The van der Waals surface area contributed by atoms with Crippen molar-refractivity contribution in [3.63, 3.8) is 0 Å². The summed E-state index contributed by atoms with van der Waals surface area (Å²) in [5.41, 5.74) is 3.25. The number of amides is 1. The summed E-state index contributed by atoms with van der Waals surface area (Å²) >= 11 is 0. The Morgan fingerprint density at radius 2 is 2.05 bits per heavy atom. The molecule has 3 aromatic heterocycles. The van der Waals surface area contributed by atoms with Gasteiger partial charge in [0.25, 0.3) is 0 Å². The molecular formula is C27H29FN6O6. The summed E-state index contributed by atoms with van der Waals surface area (Å²) in [6.07, 6.45) is 1.93. The van der Waals surface area contributed by atoms with E-state index in [0.29, 0.717) is 41.2 Å². The number of carbonyl (C=O) groups excluding carboxylic acids is 2. The average molecular weight is 553 g/mol. The highest BCUT2D eigenvalue weighted by Crippen LogP contribution is 2.30. The van der Waals surface area contributed by atoms with Gasteiger partial charge in [0.15, 0.2) is 5.65 Å². The summed E-state index contributed by atoms with van der Waals surface area (Å²) < 4.78 is 39.0. The van der Waals surface area contributed by atoms with Gasteiger partial charge in [-0.25, -0.2) is 23.9 Å². The number of aromatic nitrogens is 5. The molecule has 0 aliphatic carbocycles. The zero-order valence-corrected chi connectivity index (χ0v) is 22.8. The molecule has 0 fully saturated rings. The van der Waals surface area contributed by atoms with Gasteiger partial charge in [-0.05, 0) is 45.9 Å². The lowest BCUT2D eigenvalue weighted by Gasteiger charge is -2.18. The topological polar surface area (TPSA) is 131 Å². The minimum Gasteiger partial charge on any atom is -0.493 e. The standard InChI is InChI=1S/C27H29FN6O6/c1-15-10-21(33(5)32-15)19-12-29-24(34-13-16(31-23(19)34)14-38-26(36)40-27(2,3)4)39-25(35)30-11-18-17-8-9-37-22(17)7-6-20(18)28/h6-7,10,12-13H,8-9,11,14H2,1-5H3,(H,30,35). The molecule has 1 aliphatic rings. The summed E-state index contributed by atoms with van der Waals surface area (Å²) in [7, 11) is 1.79. The first-order chi connectivity index (χ1) is 19.0. The third-order valence-electron chi connectivity index (χ3n) is 6.05. The van der Waals surface area contributed by atoms with E-state index >= 15 is 0 Å². The number of fused-ring (bicyclic) bond motifs is 2. The highest BCUT2D eigenvalue weighted by molar-refractivity contribution is 5.76. The second-order valence-electron chi connectivity index (χ2n) is 10.3. The molecule has 1 amide bonds. The van der Waals surface area contributed by atoms with Gasteiger partial charge in [0.2, 0.25) is 0 Å². The van der Waals surface area contributed by atoms with Crippen molar-refractivity contribution >= 4 is 17.9 Å². The first-order valence-corrected chi connectivity index (χ1v) is 12.6. The molecule has 0 saturated heterocycles. The predicted molar refractivity (Wildman–Crippen MR) is 139 cm³/mol. The van der Waals surface area contributed by atoms with Gasteiger partial charge in [0.1, 0.15) is 23.8 Å². The van der Waals surface area contributed by atoms with Crippen LogP contribution < -0.4 is 14.8 Å². The van der Waals surface area contributed by atoms with Gasteiger partial charge >= 0.3 is 18.3 Å². The Kier molecular flexibility index (Phi) is 7.04. The van der Waals surface area contributed by atoms with Crippen LogP contribution in [-0.4, -0.2) is 48.6 Å². The molecule has 0 unspecified atom stereocenters. The van der Waals surface area contributed by atoms with E-state index in [1.165, 1.54) is 16.7 Å². The molecule has 1 aliphatic heterocycles. The maximum absolute atomic E-state index is 14.5. The van der Waals surface area contributed by atoms with E-state index in [0.717, 1.165) is 17.0 Å². The molecule has 5 rings (SSSR count). The van der Waals surface area contributed by atoms with Gasteiger partial charge in [0.05, 0.1) is 29.3 Å². The SMILES string of the molecule is Cc1cc(-c2cnc(OC(=O)NCc3c(F)ccc4c3CCO4)n3cc(COC(=O)OC(C)(C)C)nc23)n(C)n1. The van der Waals surface area contributed by atoms with Gasteiger partial charge in [-0.15, -0.1) is 0 Å². The molecule has 210 valence electrons. The maximum Gasteiger partial charge on any atom is 0.509 e. The predicted octanol–water partition coefficient (Wildman–Crippen LogP) is 4.25. The second kappa shape index (κ2) is 10.5. The van der Waals surface area contributed by atoms with Gasteiger partial charge in [0, 0.05) is 43.5 Å². The first kappa shape index (κ1) is 26.9. The number of nitrogens with one attached hydrogen (secondary N) is 1. The van der Waals surface area contributed by atoms with Gasteiger partial charge in [-0.2, -0.15) is 5.10 Å². The molecule has 12 nitrogen and oxygen atoms in total. The molecule has 4 heterocycles. The number of imidazole rings is 1. The Bertz CT molecular complexity index is 1610. The lowest BCUT2D eigenvalue weighted by atomic mass is 10.0. The number of nitrogens with zero attached hydrogens (tertiary/aromatic N) is 5. The second-order valence-corrected chi connectivity index (χ2v) is 10.3. The van der Waals surface area contributed by atoms with E-state index in [1.807, 2.05) is 13.0 Å².